The standard InChI is InChI=1S/C20H21N5O4/c1-3-29-20(28)24-18(21)12-4-7-14(8-5-12)22-11-17-23-15-10-13(19(26)27)6-9-16(15)25(17)2/h4-10,22H,3,11H2,1-2H3,(H,26,27)(H2,21,24,28). The van der Waals surface area contributed by atoms with Crippen LogP contribution in [0.15, 0.2) is 42.5 Å². The van der Waals surface area contributed by atoms with Crippen molar-refractivity contribution < 1.29 is 19.4 Å². The lowest BCUT2D eigenvalue weighted by molar-refractivity contribution is 0.0697. The van der Waals surface area contributed by atoms with E-state index < -0.39 is 12.1 Å². The van der Waals surface area contributed by atoms with Crippen molar-refractivity contribution in [2.75, 3.05) is 11.9 Å². The minimum atomic E-state index is -0.986. The molecule has 0 fully saturated rings. The number of anilines is 1. The first-order valence-electron chi connectivity index (χ1n) is 8.94. The summed E-state index contributed by atoms with van der Waals surface area (Å²) in [6.07, 6.45) is -0.660. The topological polar surface area (TPSA) is 129 Å². The van der Waals surface area contributed by atoms with E-state index in [1.165, 1.54) is 0 Å². The van der Waals surface area contributed by atoms with E-state index in [-0.39, 0.29) is 18.0 Å². The molecule has 0 saturated heterocycles. The summed E-state index contributed by atoms with van der Waals surface area (Å²) in [6, 6.07) is 11.9. The molecule has 1 amide bonds. The number of aromatic carboxylic acids is 1. The molecule has 0 atom stereocenters. The van der Waals surface area contributed by atoms with Gasteiger partial charge >= 0.3 is 12.1 Å². The molecule has 150 valence electrons. The van der Waals surface area contributed by atoms with E-state index in [2.05, 4.69) is 15.6 Å². The van der Waals surface area contributed by atoms with Crippen LogP contribution in [-0.2, 0) is 18.3 Å². The number of carboxylic acids is 1. The number of fused-ring (bicyclic) bond motifs is 1. The molecule has 3 rings (SSSR count). The Hall–Kier alpha value is -3.88. The second-order valence-corrected chi connectivity index (χ2v) is 6.25. The highest BCUT2D eigenvalue weighted by molar-refractivity contribution is 6.04. The number of amidine groups is 1. The normalized spacial score (nSPS) is 10.6. The Morgan fingerprint density at radius 1 is 1.17 bits per heavy atom. The molecule has 0 aliphatic heterocycles. The van der Waals surface area contributed by atoms with Crippen molar-refractivity contribution >= 4 is 34.6 Å². The molecule has 0 radical (unpaired) electrons. The molecular formula is C20H21N5O4. The van der Waals surface area contributed by atoms with Crippen LogP contribution in [0.3, 0.4) is 0 Å². The monoisotopic (exact) mass is 395 g/mol. The largest absolute Gasteiger partial charge is 0.478 e. The molecule has 0 unspecified atom stereocenters. The van der Waals surface area contributed by atoms with E-state index in [0.717, 1.165) is 17.0 Å². The van der Waals surface area contributed by atoms with Crippen molar-refractivity contribution in [2.45, 2.75) is 13.5 Å². The number of hydrogen-bond donors (Lipinski definition) is 4. The Labute approximate surface area is 166 Å². The Morgan fingerprint density at radius 3 is 2.52 bits per heavy atom. The number of alkyl carbamates (subject to hydrolysis) is 1. The minimum absolute atomic E-state index is 0.0421. The lowest BCUT2D eigenvalue weighted by atomic mass is 10.2. The number of carbonyl (C=O) groups excluding carboxylic acids is 1. The number of amides is 1. The van der Waals surface area contributed by atoms with E-state index in [1.807, 2.05) is 11.6 Å². The zero-order valence-electron chi connectivity index (χ0n) is 16.0. The molecule has 0 spiro atoms. The van der Waals surface area contributed by atoms with Crippen LogP contribution in [0, 0.1) is 5.41 Å². The van der Waals surface area contributed by atoms with Gasteiger partial charge in [0, 0.05) is 18.3 Å². The quantitative estimate of drug-likeness (QED) is 0.375. The SMILES string of the molecule is CCOC(=O)NC(=N)c1ccc(NCc2nc3cc(C(=O)O)ccc3n2C)cc1. The number of carboxylic acid groups (broad SMARTS) is 1. The Balaban J connectivity index is 1.67. The van der Waals surface area contributed by atoms with E-state index >= 15 is 0 Å². The van der Waals surface area contributed by atoms with Crippen molar-refractivity contribution in [1.29, 1.82) is 5.41 Å². The molecule has 9 nitrogen and oxygen atoms in total. The van der Waals surface area contributed by atoms with Gasteiger partial charge in [-0.25, -0.2) is 14.6 Å². The van der Waals surface area contributed by atoms with Crippen molar-refractivity contribution in [2.24, 2.45) is 7.05 Å². The Kier molecular flexibility index (Phi) is 5.77. The van der Waals surface area contributed by atoms with Crippen molar-refractivity contribution in [1.82, 2.24) is 14.9 Å². The maximum absolute atomic E-state index is 11.4. The van der Waals surface area contributed by atoms with Crippen LogP contribution in [0.25, 0.3) is 11.0 Å². The lowest BCUT2D eigenvalue weighted by Crippen LogP contribution is -2.31. The maximum Gasteiger partial charge on any atom is 0.412 e. The number of nitrogens with one attached hydrogen (secondary N) is 3. The molecule has 1 heterocycles. The van der Waals surface area contributed by atoms with Crippen LogP contribution in [0.4, 0.5) is 10.5 Å². The molecule has 0 saturated carbocycles. The Morgan fingerprint density at radius 2 is 1.86 bits per heavy atom. The van der Waals surface area contributed by atoms with Gasteiger partial charge in [0.15, 0.2) is 0 Å². The molecule has 1 aromatic heterocycles. The van der Waals surface area contributed by atoms with Gasteiger partial charge in [-0.15, -0.1) is 0 Å². The average Bonchev–Trinajstić information content (AvgIpc) is 3.02. The third-order valence-electron chi connectivity index (χ3n) is 4.35. The van der Waals surface area contributed by atoms with Gasteiger partial charge in [0.1, 0.15) is 11.7 Å². The highest BCUT2D eigenvalue weighted by atomic mass is 16.5. The first-order valence-corrected chi connectivity index (χ1v) is 8.94. The van der Waals surface area contributed by atoms with Gasteiger partial charge in [-0.1, -0.05) is 0 Å². The van der Waals surface area contributed by atoms with Crippen LogP contribution < -0.4 is 10.6 Å². The number of aryl methyl sites for hydroxylation is 1. The molecule has 0 bridgehead atoms. The number of carbonyl (C=O) groups is 2. The molecular weight excluding hydrogens is 374 g/mol. The van der Waals surface area contributed by atoms with E-state index in [0.29, 0.717) is 17.6 Å². The van der Waals surface area contributed by atoms with Gasteiger partial charge in [0.25, 0.3) is 0 Å². The fourth-order valence-corrected chi connectivity index (χ4v) is 2.82. The molecule has 3 aromatic rings. The van der Waals surface area contributed by atoms with Gasteiger partial charge in [-0.3, -0.25) is 10.7 Å². The van der Waals surface area contributed by atoms with Gasteiger partial charge in [-0.2, -0.15) is 0 Å². The first kappa shape index (κ1) is 19.9. The number of imidazole rings is 1. The van der Waals surface area contributed by atoms with Gasteiger partial charge in [0.05, 0.1) is 29.7 Å². The number of rotatable bonds is 6. The summed E-state index contributed by atoms with van der Waals surface area (Å²) in [7, 11) is 1.87. The predicted molar refractivity (Wildman–Crippen MR) is 108 cm³/mol. The van der Waals surface area contributed by atoms with E-state index in [1.54, 1.807) is 49.4 Å². The zero-order valence-corrected chi connectivity index (χ0v) is 16.0. The first-order chi connectivity index (χ1) is 13.9. The summed E-state index contributed by atoms with van der Waals surface area (Å²) < 4.78 is 6.66. The summed E-state index contributed by atoms with van der Waals surface area (Å²) in [6.45, 7) is 2.37. The van der Waals surface area contributed by atoms with Crippen LogP contribution in [0.2, 0.25) is 0 Å². The van der Waals surface area contributed by atoms with Crippen LogP contribution >= 0.6 is 0 Å². The number of nitrogens with zero attached hydrogens (tertiary/aromatic N) is 2. The third kappa shape index (κ3) is 4.52. The average molecular weight is 395 g/mol. The minimum Gasteiger partial charge on any atom is -0.478 e. The summed E-state index contributed by atoms with van der Waals surface area (Å²) in [5.74, 6) is -0.275. The van der Waals surface area contributed by atoms with Crippen molar-refractivity contribution in [3.05, 3.63) is 59.4 Å². The molecule has 0 aliphatic carbocycles. The highest BCUT2D eigenvalue weighted by Crippen LogP contribution is 2.18. The van der Waals surface area contributed by atoms with Crippen LogP contribution in [0.1, 0.15) is 28.7 Å². The summed E-state index contributed by atoms with van der Waals surface area (Å²) in [4.78, 5) is 27.0. The lowest BCUT2D eigenvalue weighted by Gasteiger charge is -2.09. The number of ether oxygens (including phenoxy) is 1. The second-order valence-electron chi connectivity index (χ2n) is 6.25. The van der Waals surface area contributed by atoms with Gasteiger partial charge in [0.2, 0.25) is 0 Å². The highest BCUT2D eigenvalue weighted by Gasteiger charge is 2.11. The number of aromatic nitrogens is 2. The summed E-state index contributed by atoms with van der Waals surface area (Å²) >= 11 is 0. The van der Waals surface area contributed by atoms with E-state index in [9.17, 15) is 9.59 Å². The molecule has 2 aromatic carbocycles. The number of benzene rings is 2. The molecule has 9 heteroatoms. The van der Waals surface area contributed by atoms with Crippen LogP contribution in [-0.4, -0.2) is 39.2 Å². The second kappa shape index (κ2) is 8.42. The fourth-order valence-electron chi connectivity index (χ4n) is 2.82. The van der Waals surface area contributed by atoms with E-state index in [4.69, 9.17) is 15.3 Å². The van der Waals surface area contributed by atoms with Crippen molar-refractivity contribution in [3.8, 4) is 0 Å². The third-order valence-corrected chi connectivity index (χ3v) is 4.35. The maximum atomic E-state index is 11.4. The molecule has 4 N–H and O–H groups in total. The van der Waals surface area contributed by atoms with Crippen LogP contribution in [0.5, 0.6) is 0 Å². The smallest absolute Gasteiger partial charge is 0.412 e. The zero-order chi connectivity index (χ0) is 21.0. The summed E-state index contributed by atoms with van der Waals surface area (Å²) in [5.41, 5.74) is 3.03. The predicted octanol–water partition coefficient (Wildman–Crippen LogP) is 2.96. The Bertz CT molecular complexity index is 1070. The van der Waals surface area contributed by atoms with Gasteiger partial charge < -0.3 is 19.7 Å². The molecule has 29 heavy (non-hydrogen) atoms. The fraction of sp³-hybridized carbons (Fsp3) is 0.200. The number of hydrogen-bond acceptors (Lipinski definition) is 6. The van der Waals surface area contributed by atoms with Crippen molar-refractivity contribution in [3.63, 3.8) is 0 Å². The van der Waals surface area contributed by atoms with Gasteiger partial charge in [-0.05, 0) is 49.4 Å². The molecule has 0 aliphatic rings. The summed E-state index contributed by atoms with van der Waals surface area (Å²) in [5, 5.41) is 22.6.